The minimum atomic E-state index is -0.654. The van der Waals surface area contributed by atoms with Crippen molar-refractivity contribution in [1.29, 1.82) is 0 Å². The van der Waals surface area contributed by atoms with Crippen LogP contribution in [-0.2, 0) is 4.79 Å². The Labute approximate surface area is 175 Å². The molecule has 0 saturated heterocycles. The molecule has 0 amide bonds. The van der Waals surface area contributed by atoms with Crippen molar-refractivity contribution in [1.82, 2.24) is 0 Å². The number of hydrogen-bond acceptors (Lipinski definition) is 1. The van der Waals surface area contributed by atoms with E-state index in [-0.39, 0.29) is 0 Å². The van der Waals surface area contributed by atoms with E-state index in [4.69, 9.17) is 5.11 Å². The van der Waals surface area contributed by atoms with E-state index in [0.29, 0.717) is 6.42 Å². The molecule has 28 heavy (non-hydrogen) atoms. The lowest BCUT2D eigenvalue weighted by Crippen LogP contribution is -1.95. The summed E-state index contributed by atoms with van der Waals surface area (Å²) in [6, 6.07) is 0. The van der Waals surface area contributed by atoms with Crippen molar-refractivity contribution in [3.8, 4) is 0 Å². The third kappa shape index (κ3) is 17.3. The summed E-state index contributed by atoms with van der Waals surface area (Å²) in [4.78, 5) is 10.8. The summed E-state index contributed by atoms with van der Waals surface area (Å²) >= 11 is 0. The maximum atomic E-state index is 10.8. The standard InChI is InChI=1S/C26H48O2/c27-26(28)24-20-23-25-21-18-16-14-12-10-8-6-4-2-1-3-5-7-9-11-13-15-17-19-22-25/h21H,1-20,22-24H2,(H,27,28)/b25-21+. The minimum Gasteiger partial charge on any atom is -0.481 e. The smallest absolute Gasteiger partial charge is 0.303 e. The molecule has 1 aliphatic carbocycles. The lowest BCUT2D eigenvalue weighted by atomic mass is 9.98. The van der Waals surface area contributed by atoms with E-state index in [1.165, 1.54) is 134 Å². The van der Waals surface area contributed by atoms with Gasteiger partial charge in [0.05, 0.1) is 0 Å². The fraction of sp³-hybridized carbons (Fsp3) is 0.885. The minimum absolute atomic E-state index is 0.317. The summed E-state index contributed by atoms with van der Waals surface area (Å²) < 4.78 is 0. The third-order valence-electron chi connectivity index (χ3n) is 6.27. The molecule has 0 spiro atoms. The van der Waals surface area contributed by atoms with Gasteiger partial charge in [0.2, 0.25) is 0 Å². The van der Waals surface area contributed by atoms with Crippen LogP contribution in [0.5, 0.6) is 0 Å². The molecular weight excluding hydrogens is 344 g/mol. The van der Waals surface area contributed by atoms with E-state index in [9.17, 15) is 4.79 Å². The van der Waals surface area contributed by atoms with Gasteiger partial charge in [0.15, 0.2) is 0 Å². The third-order valence-corrected chi connectivity index (χ3v) is 6.27. The van der Waals surface area contributed by atoms with Gasteiger partial charge in [0, 0.05) is 6.42 Å². The Kier molecular flexibility index (Phi) is 17.6. The Balaban J connectivity index is 2.31. The van der Waals surface area contributed by atoms with Gasteiger partial charge in [-0.2, -0.15) is 0 Å². The lowest BCUT2D eigenvalue weighted by Gasteiger charge is -2.08. The molecule has 0 aliphatic heterocycles. The first kappa shape index (κ1) is 25.2. The molecule has 2 heteroatoms. The average Bonchev–Trinajstić information content (AvgIpc) is 2.67. The quantitative estimate of drug-likeness (QED) is 0.484. The predicted octanol–water partition coefficient (Wildman–Crippen LogP) is 8.98. The van der Waals surface area contributed by atoms with E-state index in [1.54, 1.807) is 0 Å². The molecule has 0 aromatic heterocycles. The SMILES string of the molecule is O=C(O)CCC/C1=C/CCCCCCCCCCCCCCCCCCCC1. The van der Waals surface area contributed by atoms with Crippen molar-refractivity contribution in [3.63, 3.8) is 0 Å². The van der Waals surface area contributed by atoms with Gasteiger partial charge < -0.3 is 5.11 Å². The summed E-state index contributed by atoms with van der Waals surface area (Å²) in [5, 5.41) is 8.90. The summed E-state index contributed by atoms with van der Waals surface area (Å²) in [5.41, 5.74) is 1.53. The van der Waals surface area contributed by atoms with Gasteiger partial charge in [0.1, 0.15) is 0 Å². The van der Waals surface area contributed by atoms with Crippen molar-refractivity contribution in [3.05, 3.63) is 11.6 Å². The van der Waals surface area contributed by atoms with Gasteiger partial charge in [-0.25, -0.2) is 0 Å². The highest BCUT2D eigenvalue weighted by molar-refractivity contribution is 5.66. The van der Waals surface area contributed by atoms with Crippen LogP contribution in [0.3, 0.4) is 0 Å². The first-order chi connectivity index (χ1) is 13.8. The van der Waals surface area contributed by atoms with Crippen LogP contribution in [0.25, 0.3) is 0 Å². The van der Waals surface area contributed by atoms with Gasteiger partial charge in [-0.3, -0.25) is 4.79 Å². The lowest BCUT2D eigenvalue weighted by molar-refractivity contribution is -0.137. The average molecular weight is 393 g/mol. The normalized spacial score (nSPS) is 22.9. The van der Waals surface area contributed by atoms with Crippen LogP contribution in [0, 0.1) is 0 Å². The van der Waals surface area contributed by atoms with E-state index in [2.05, 4.69) is 6.08 Å². The predicted molar refractivity (Wildman–Crippen MR) is 122 cm³/mol. The highest BCUT2D eigenvalue weighted by Crippen LogP contribution is 2.20. The second-order valence-corrected chi connectivity index (χ2v) is 9.01. The van der Waals surface area contributed by atoms with Gasteiger partial charge in [-0.15, -0.1) is 0 Å². The molecule has 1 aliphatic rings. The van der Waals surface area contributed by atoms with Crippen molar-refractivity contribution < 1.29 is 9.90 Å². The topological polar surface area (TPSA) is 37.3 Å². The fourth-order valence-corrected chi connectivity index (χ4v) is 4.43. The first-order valence-corrected chi connectivity index (χ1v) is 12.7. The van der Waals surface area contributed by atoms with Gasteiger partial charge in [-0.05, 0) is 38.5 Å². The molecular formula is C26H48O2. The molecule has 0 saturated carbocycles. The molecule has 0 bridgehead atoms. The number of carboxylic acids is 1. The van der Waals surface area contributed by atoms with Crippen LogP contribution < -0.4 is 0 Å². The van der Waals surface area contributed by atoms with E-state index in [0.717, 1.165) is 12.8 Å². The molecule has 0 aromatic carbocycles. The summed E-state index contributed by atoms with van der Waals surface area (Å²) in [5.74, 6) is -0.654. The zero-order valence-electron chi connectivity index (χ0n) is 18.7. The molecule has 1 N–H and O–H groups in total. The number of aliphatic carboxylic acids is 1. The Morgan fingerprint density at radius 2 is 1.04 bits per heavy atom. The number of carbonyl (C=O) groups is 1. The number of rotatable bonds is 4. The molecule has 0 unspecified atom stereocenters. The highest BCUT2D eigenvalue weighted by Gasteiger charge is 2.02. The Morgan fingerprint density at radius 1 is 0.643 bits per heavy atom. The second-order valence-electron chi connectivity index (χ2n) is 9.01. The van der Waals surface area contributed by atoms with E-state index < -0.39 is 5.97 Å². The van der Waals surface area contributed by atoms with Crippen molar-refractivity contribution in [2.75, 3.05) is 0 Å². The van der Waals surface area contributed by atoms with Gasteiger partial charge in [-0.1, -0.05) is 114 Å². The first-order valence-electron chi connectivity index (χ1n) is 12.7. The molecule has 0 fully saturated rings. The van der Waals surface area contributed by atoms with Crippen molar-refractivity contribution in [2.45, 2.75) is 148 Å². The van der Waals surface area contributed by atoms with Crippen LogP contribution in [-0.4, -0.2) is 11.1 Å². The highest BCUT2D eigenvalue weighted by atomic mass is 16.4. The number of hydrogen-bond donors (Lipinski definition) is 1. The summed E-state index contributed by atoms with van der Waals surface area (Å²) in [6.45, 7) is 0. The van der Waals surface area contributed by atoms with E-state index in [1.807, 2.05) is 0 Å². The molecule has 0 radical (unpaired) electrons. The molecule has 1 rings (SSSR count). The van der Waals surface area contributed by atoms with E-state index >= 15 is 0 Å². The number of carboxylic acid groups (broad SMARTS) is 1. The summed E-state index contributed by atoms with van der Waals surface area (Å²) in [7, 11) is 0. The van der Waals surface area contributed by atoms with Crippen LogP contribution in [0.1, 0.15) is 148 Å². The maximum absolute atomic E-state index is 10.8. The van der Waals surface area contributed by atoms with Crippen molar-refractivity contribution >= 4 is 5.97 Å². The van der Waals surface area contributed by atoms with Crippen molar-refractivity contribution in [2.24, 2.45) is 0 Å². The van der Waals surface area contributed by atoms with Crippen LogP contribution in [0.4, 0.5) is 0 Å². The van der Waals surface area contributed by atoms with Gasteiger partial charge >= 0.3 is 5.97 Å². The van der Waals surface area contributed by atoms with Crippen LogP contribution >= 0.6 is 0 Å². The zero-order valence-corrected chi connectivity index (χ0v) is 18.7. The number of allylic oxidation sites excluding steroid dienone is 2. The molecule has 0 aromatic rings. The Bertz CT molecular complexity index is 386. The van der Waals surface area contributed by atoms with Crippen LogP contribution in [0.15, 0.2) is 11.6 Å². The Hall–Kier alpha value is -0.790. The van der Waals surface area contributed by atoms with Gasteiger partial charge in [0.25, 0.3) is 0 Å². The Morgan fingerprint density at radius 3 is 1.46 bits per heavy atom. The van der Waals surface area contributed by atoms with Crippen LogP contribution in [0.2, 0.25) is 0 Å². The fourth-order valence-electron chi connectivity index (χ4n) is 4.43. The largest absolute Gasteiger partial charge is 0.481 e. The monoisotopic (exact) mass is 392 g/mol. The second kappa shape index (κ2) is 19.5. The molecule has 2 nitrogen and oxygen atoms in total. The molecule has 164 valence electrons. The molecule has 0 heterocycles. The maximum Gasteiger partial charge on any atom is 0.303 e. The molecule has 0 atom stereocenters. The zero-order chi connectivity index (χ0) is 20.1. The summed E-state index contributed by atoms with van der Waals surface area (Å²) in [6.07, 6.45) is 32.3.